The van der Waals surface area contributed by atoms with Crippen LogP contribution in [0.4, 0.5) is 0 Å². The van der Waals surface area contributed by atoms with E-state index in [1.807, 2.05) is 30.3 Å². The molecule has 25 heavy (non-hydrogen) atoms. The summed E-state index contributed by atoms with van der Waals surface area (Å²) in [5.41, 5.74) is 1.01. The molecule has 6 nitrogen and oxygen atoms in total. The Hall–Kier alpha value is -1.63. The van der Waals surface area contributed by atoms with Crippen LogP contribution in [0.1, 0.15) is 24.4 Å². The second kappa shape index (κ2) is 11.1. The third kappa shape index (κ3) is 5.99. The predicted molar refractivity (Wildman–Crippen MR) is 99.7 cm³/mol. The van der Waals surface area contributed by atoms with Crippen molar-refractivity contribution < 1.29 is 14.3 Å². The third-order valence-electron chi connectivity index (χ3n) is 4.42. The number of ether oxygens (including phenoxy) is 1. The van der Waals surface area contributed by atoms with Crippen LogP contribution in [0.15, 0.2) is 30.3 Å². The van der Waals surface area contributed by atoms with Gasteiger partial charge in [-0.2, -0.15) is 0 Å². The monoisotopic (exact) mass is 369 g/mol. The maximum Gasteiger partial charge on any atom is 0.225 e. The van der Waals surface area contributed by atoms with Gasteiger partial charge >= 0.3 is 0 Å². The van der Waals surface area contributed by atoms with E-state index in [1.54, 1.807) is 19.1 Å². The van der Waals surface area contributed by atoms with Gasteiger partial charge in [0, 0.05) is 40.2 Å². The lowest BCUT2D eigenvalue weighted by Crippen LogP contribution is -2.47. The number of likely N-dealkylation sites (tertiary alicyclic amines) is 1. The normalized spacial score (nSPS) is 20.1. The molecule has 2 rings (SSSR count). The molecule has 2 amide bonds. The quantitative estimate of drug-likeness (QED) is 0.679. The molecule has 0 aromatic heterocycles. The van der Waals surface area contributed by atoms with Crippen molar-refractivity contribution in [3.63, 3.8) is 0 Å². The maximum atomic E-state index is 12.6. The molecule has 2 N–H and O–H groups in total. The van der Waals surface area contributed by atoms with Gasteiger partial charge in [0.15, 0.2) is 0 Å². The highest BCUT2D eigenvalue weighted by molar-refractivity contribution is 5.85. The second-order valence-electron chi connectivity index (χ2n) is 6.04. The summed E-state index contributed by atoms with van der Waals surface area (Å²) in [6, 6.07) is 9.58. The Kier molecular flexibility index (Phi) is 9.49. The van der Waals surface area contributed by atoms with Gasteiger partial charge in [0.2, 0.25) is 11.8 Å². The van der Waals surface area contributed by atoms with E-state index in [4.69, 9.17) is 4.74 Å². The van der Waals surface area contributed by atoms with Crippen LogP contribution in [0.5, 0.6) is 0 Å². The van der Waals surface area contributed by atoms with E-state index < -0.39 is 0 Å². The van der Waals surface area contributed by atoms with Crippen molar-refractivity contribution in [2.75, 3.05) is 40.4 Å². The van der Waals surface area contributed by atoms with Gasteiger partial charge in [-0.3, -0.25) is 9.59 Å². The minimum Gasteiger partial charge on any atom is -0.383 e. The number of piperidine rings is 1. The van der Waals surface area contributed by atoms with Gasteiger partial charge in [0.05, 0.1) is 18.6 Å². The Labute approximate surface area is 155 Å². The van der Waals surface area contributed by atoms with E-state index in [2.05, 4.69) is 10.6 Å². The number of rotatable bonds is 8. The largest absolute Gasteiger partial charge is 0.383 e. The zero-order chi connectivity index (χ0) is 17.4. The number of methoxy groups -OCH3 is 1. The standard InChI is InChI=1S/C18H27N3O3.ClH/c1-21-16(22)9-8-15(17(21)14-6-4-3-5-7-14)18(23)20-11-10-19-12-13-24-2;/h3-7,15,17,19H,8-13H2,1-2H3,(H,20,23);1H. The Morgan fingerprint density at radius 3 is 2.64 bits per heavy atom. The Bertz CT molecular complexity index is 542. The average Bonchev–Trinajstić information content (AvgIpc) is 2.60. The fourth-order valence-corrected chi connectivity index (χ4v) is 3.12. The van der Waals surface area contributed by atoms with Gasteiger partial charge in [0.1, 0.15) is 0 Å². The van der Waals surface area contributed by atoms with Gasteiger partial charge in [-0.05, 0) is 12.0 Å². The maximum absolute atomic E-state index is 12.6. The Morgan fingerprint density at radius 1 is 1.24 bits per heavy atom. The lowest BCUT2D eigenvalue weighted by molar-refractivity contribution is -0.141. The van der Waals surface area contributed by atoms with Crippen molar-refractivity contribution in [1.29, 1.82) is 0 Å². The number of hydrogen-bond acceptors (Lipinski definition) is 4. The van der Waals surface area contributed by atoms with Crippen LogP contribution in [0.3, 0.4) is 0 Å². The van der Waals surface area contributed by atoms with E-state index in [-0.39, 0.29) is 36.2 Å². The average molecular weight is 370 g/mol. The molecule has 1 aliphatic rings. The Balaban J connectivity index is 0.00000312. The summed E-state index contributed by atoms with van der Waals surface area (Å²) < 4.78 is 4.96. The van der Waals surface area contributed by atoms with E-state index in [0.717, 1.165) is 12.1 Å². The van der Waals surface area contributed by atoms with Crippen molar-refractivity contribution in [1.82, 2.24) is 15.5 Å². The molecular formula is C18H28ClN3O3. The summed E-state index contributed by atoms with van der Waals surface area (Å²) in [6.07, 6.45) is 1.01. The van der Waals surface area contributed by atoms with Crippen molar-refractivity contribution >= 4 is 24.2 Å². The molecule has 7 heteroatoms. The molecule has 140 valence electrons. The molecule has 1 aliphatic heterocycles. The van der Waals surface area contributed by atoms with E-state index in [0.29, 0.717) is 32.5 Å². The van der Waals surface area contributed by atoms with Gasteiger partial charge in [-0.1, -0.05) is 30.3 Å². The van der Waals surface area contributed by atoms with Crippen LogP contribution in [0.2, 0.25) is 0 Å². The molecule has 0 aliphatic carbocycles. The van der Waals surface area contributed by atoms with E-state index >= 15 is 0 Å². The molecule has 0 radical (unpaired) electrons. The number of hydrogen-bond donors (Lipinski definition) is 2. The van der Waals surface area contributed by atoms with Crippen molar-refractivity contribution in [3.05, 3.63) is 35.9 Å². The number of halogens is 1. The number of amides is 2. The first kappa shape index (κ1) is 21.4. The summed E-state index contributed by atoms with van der Waals surface area (Å²) in [4.78, 5) is 26.4. The minimum atomic E-state index is -0.214. The fraction of sp³-hybridized carbons (Fsp3) is 0.556. The highest BCUT2D eigenvalue weighted by atomic mass is 35.5. The van der Waals surface area contributed by atoms with Crippen LogP contribution < -0.4 is 10.6 Å². The minimum absolute atomic E-state index is 0. The summed E-state index contributed by atoms with van der Waals surface area (Å²) >= 11 is 0. The highest BCUT2D eigenvalue weighted by Gasteiger charge is 2.38. The van der Waals surface area contributed by atoms with Crippen LogP contribution in [0, 0.1) is 5.92 Å². The topological polar surface area (TPSA) is 70.7 Å². The van der Waals surface area contributed by atoms with E-state index in [1.165, 1.54) is 0 Å². The highest BCUT2D eigenvalue weighted by Crippen LogP contribution is 2.35. The van der Waals surface area contributed by atoms with Crippen molar-refractivity contribution in [2.24, 2.45) is 5.92 Å². The molecule has 2 unspecified atom stereocenters. The molecule has 0 bridgehead atoms. The SMILES string of the molecule is COCCNCCNC(=O)C1CCC(=O)N(C)C1c1ccccc1.Cl. The molecule has 1 fully saturated rings. The van der Waals surface area contributed by atoms with Crippen LogP contribution in [-0.4, -0.2) is 57.1 Å². The molecule has 1 saturated heterocycles. The molecule has 2 atom stereocenters. The summed E-state index contributed by atoms with van der Waals surface area (Å²) in [7, 11) is 3.44. The first-order valence-electron chi connectivity index (χ1n) is 8.43. The lowest BCUT2D eigenvalue weighted by atomic mass is 9.84. The van der Waals surface area contributed by atoms with Crippen molar-refractivity contribution in [3.8, 4) is 0 Å². The smallest absolute Gasteiger partial charge is 0.225 e. The van der Waals surface area contributed by atoms with Crippen LogP contribution in [-0.2, 0) is 14.3 Å². The lowest BCUT2D eigenvalue weighted by Gasteiger charge is -2.38. The van der Waals surface area contributed by atoms with Gasteiger partial charge in [0.25, 0.3) is 0 Å². The van der Waals surface area contributed by atoms with Gasteiger partial charge in [-0.25, -0.2) is 0 Å². The first-order chi connectivity index (χ1) is 11.6. The summed E-state index contributed by atoms with van der Waals surface area (Å²) in [6.45, 7) is 2.68. The molecular weight excluding hydrogens is 342 g/mol. The first-order valence-corrected chi connectivity index (χ1v) is 8.43. The van der Waals surface area contributed by atoms with Gasteiger partial charge in [-0.15, -0.1) is 12.4 Å². The molecule has 1 aromatic carbocycles. The zero-order valence-corrected chi connectivity index (χ0v) is 15.7. The predicted octanol–water partition coefficient (Wildman–Crippen LogP) is 1.37. The number of carbonyl (C=O) groups excluding carboxylic acids is 2. The van der Waals surface area contributed by atoms with E-state index in [9.17, 15) is 9.59 Å². The van der Waals surface area contributed by atoms with Crippen molar-refractivity contribution in [2.45, 2.75) is 18.9 Å². The molecule has 1 heterocycles. The third-order valence-corrected chi connectivity index (χ3v) is 4.42. The van der Waals surface area contributed by atoms with Gasteiger partial charge < -0.3 is 20.3 Å². The summed E-state index contributed by atoms with van der Waals surface area (Å²) in [5.74, 6) is -0.111. The second-order valence-corrected chi connectivity index (χ2v) is 6.04. The molecule has 0 saturated carbocycles. The van der Waals surface area contributed by atoms with Crippen LogP contribution >= 0.6 is 12.4 Å². The molecule has 1 aromatic rings. The van der Waals surface area contributed by atoms with Crippen LogP contribution in [0.25, 0.3) is 0 Å². The number of carbonyl (C=O) groups is 2. The summed E-state index contributed by atoms with van der Waals surface area (Å²) in [5, 5.41) is 6.18. The number of nitrogens with zero attached hydrogens (tertiary/aromatic N) is 1. The Morgan fingerprint density at radius 2 is 1.96 bits per heavy atom. The number of nitrogens with one attached hydrogen (secondary N) is 2. The number of benzene rings is 1. The zero-order valence-electron chi connectivity index (χ0n) is 14.9. The fourth-order valence-electron chi connectivity index (χ4n) is 3.12. The molecule has 0 spiro atoms.